The van der Waals surface area contributed by atoms with Crippen molar-refractivity contribution in [3.05, 3.63) is 41.2 Å². The van der Waals surface area contributed by atoms with Crippen LogP contribution in [-0.2, 0) is 0 Å². The van der Waals surface area contributed by atoms with Gasteiger partial charge in [0.05, 0.1) is 5.69 Å². The van der Waals surface area contributed by atoms with Crippen molar-refractivity contribution < 1.29 is 9.90 Å². The summed E-state index contributed by atoms with van der Waals surface area (Å²) in [6.07, 6.45) is 0. The van der Waals surface area contributed by atoms with Crippen molar-refractivity contribution in [1.82, 2.24) is 9.97 Å². The van der Waals surface area contributed by atoms with E-state index in [0.717, 1.165) is 11.1 Å². The quantitative estimate of drug-likeness (QED) is 0.822. The van der Waals surface area contributed by atoms with Crippen LogP contribution in [0.5, 0.6) is 5.75 Å². The zero-order chi connectivity index (χ0) is 13.3. The normalized spacial score (nSPS) is 10.4. The Balaban J connectivity index is 2.63. The van der Waals surface area contributed by atoms with Gasteiger partial charge in [0.2, 0.25) is 0 Å². The number of hydrogen-bond acceptors (Lipinski definition) is 4. The van der Waals surface area contributed by atoms with Gasteiger partial charge >= 0.3 is 0 Å². The maximum atomic E-state index is 11.4. The largest absolute Gasteiger partial charge is 0.504 e. The molecule has 2 rings (SSSR count). The Kier molecular flexibility index (Phi) is 3.10. The molecule has 0 fully saturated rings. The number of ketones is 1. The highest BCUT2D eigenvalue weighted by Gasteiger charge is 2.15. The summed E-state index contributed by atoms with van der Waals surface area (Å²) in [5, 5.41) is 9.75. The van der Waals surface area contributed by atoms with Crippen molar-refractivity contribution in [3.63, 3.8) is 0 Å². The van der Waals surface area contributed by atoms with Crippen molar-refractivity contribution in [1.29, 1.82) is 0 Å². The molecule has 1 aromatic carbocycles. The zero-order valence-electron chi connectivity index (χ0n) is 10.6. The van der Waals surface area contributed by atoms with Crippen molar-refractivity contribution in [2.24, 2.45) is 0 Å². The van der Waals surface area contributed by atoms with E-state index in [4.69, 9.17) is 0 Å². The molecule has 4 nitrogen and oxygen atoms in total. The molecule has 0 aliphatic rings. The van der Waals surface area contributed by atoms with E-state index < -0.39 is 0 Å². The molecular formula is C14H14N2O2. The standard InChI is InChI=1S/C14H14N2O2/c1-8-5-4-6-11(7-8)14-15-9(2)13(18)12(16-14)10(3)17/h4-7,18H,1-3H3. The van der Waals surface area contributed by atoms with E-state index in [9.17, 15) is 9.90 Å². The monoisotopic (exact) mass is 242 g/mol. The minimum Gasteiger partial charge on any atom is -0.504 e. The van der Waals surface area contributed by atoms with Crippen LogP contribution in [0.15, 0.2) is 24.3 Å². The van der Waals surface area contributed by atoms with Crippen LogP contribution in [0.2, 0.25) is 0 Å². The summed E-state index contributed by atoms with van der Waals surface area (Å²) >= 11 is 0. The second-order valence-corrected chi connectivity index (χ2v) is 4.26. The number of aromatic hydroxyl groups is 1. The number of rotatable bonds is 2. The van der Waals surface area contributed by atoms with Crippen LogP contribution < -0.4 is 0 Å². The van der Waals surface area contributed by atoms with Crippen molar-refractivity contribution >= 4 is 5.78 Å². The van der Waals surface area contributed by atoms with Crippen LogP contribution in [0.3, 0.4) is 0 Å². The molecule has 0 aliphatic carbocycles. The van der Waals surface area contributed by atoms with Crippen LogP contribution in [0.25, 0.3) is 11.4 Å². The maximum Gasteiger partial charge on any atom is 0.182 e. The predicted molar refractivity (Wildman–Crippen MR) is 68.6 cm³/mol. The molecule has 0 spiro atoms. The molecule has 0 saturated heterocycles. The van der Waals surface area contributed by atoms with Gasteiger partial charge in [0.15, 0.2) is 23.1 Å². The summed E-state index contributed by atoms with van der Waals surface area (Å²) < 4.78 is 0. The first-order valence-electron chi connectivity index (χ1n) is 5.64. The molecule has 0 radical (unpaired) electrons. The van der Waals surface area contributed by atoms with Gasteiger partial charge in [-0.15, -0.1) is 0 Å². The minimum absolute atomic E-state index is 0.0685. The van der Waals surface area contributed by atoms with Crippen LogP contribution in [-0.4, -0.2) is 20.9 Å². The van der Waals surface area contributed by atoms with Crippen LogP contribution in [0.1, 0.15) is 28.7 Å². The van der Waals surface area contributed by atoms with Gasteiger partial charge in [-0.1, -0.05) is 23.8 Å². The van der Waals surface area contributed by atoms with E-state index in [1.54, 1.807) is 6.92 Å². The van der Waals surface area contributed by atoms with Gasteiger partial charge in [-0.05, 0) is 19.9 Å². The van der Waals surface area contributed by atoms with Crippen LogP contribution in [0.4, 0.5) is 0 Å². The minimum atomic E-state index is -0.271. The molecule has 92 valence electrons. The van der Waals surface area contributed by atoms with E-state index in [0.29, 0.717) is 11.5 Å². The van der Waals surface area contributed by atoms with Crippen molar-refractivity contribution in [2.45, 2.75) is 20.8 Å². The number of nitrogens with zero attached hydrogens (tertiary/aromatic N) is 2. The van der Waals surface area contributed by atoms with Gasteiger partial charge in [-0.3, -0.25) is 4.79 Å². The Morgan fingerprint density at radius 1 is 1.22 bits per heavy atom. The molecule has 1 N–H and O–H groups in total. The van der Waals surface area contributed by atoms with Gasteiger partial charge in [0.1, 0.15) is 0 Å². The number of aryl methyl sites for hydroxylation is 2. The van der Waals surface area contributed by atoms with Gasteiger partial charge in [0.25, 0.3) is 0 Å². The second-order valence-electron chi connectivity index (χ2n) is 4.26. The SMILES string of the molecule is CC(=O)c1nc(-c2cccc(C)c2)nc(C)c1O. The molecule has 18 heavy (non-hydrogen) atoms. The van der Waals surface area contributed by atoms with E-state index in [1.807, 2.05) is 31.2 Å². The van der Waals surface area contributed by atoms with Gasteiger partial charge in [-0.25, -0.2) is 9.97 Å². The van der Waals surface area contributed by atoms with Gasteiger partial charge < -0.3 is 5.11 Å². The lowest BCUT2D eigenvalue weighted by Gasteiger charge is -2.07. The van der Waals surface area contributed by atoms with Gasteiger partial charge in [-0.2, -0.15) is 0 Å². The maximum absolute atomic E-state index is 11.4. The topological polar surface area (TPSA) is 63.1 Å². The highest BCUT2D eigenvalue weighted by Crippen LogP contribution is 2.24. The third-order valence-corrected chi connectivity index (χ3v) is 2.67. The lowest BCUT2D eigenvalue weighted by molar-refractivity contribution is 0.101. The van der Waals surface area contributed by atoms with E-state index >= 15 is 0 Å². The molecule has 0 atom stereocenters. The van der Waals surface area contributed by atoms with E-state index in [-0.39, 0.29) is 17.2 Å². The molecular weight excluding hydrogens is 228 g/mol. The Labute approximate surface area is 105 Å². The molecule has 0 aliphatic heterocycles. The number of Topliss-reactive ketones (excluding diaryl/α,β-unsaturated/α-hetero) is 1. The van der Waals surface area contributed by atoms with Crippen LogP contribution >= 0.6 is 0 Å². The fourth-order valence-corrected chi connectivity index (χ4v) is 1.73. The molecule has 4 heteroatoms. The fourth-order valence-electron chi connectivity index (χ4n) is 1.73. The summed E-state index contributed by atoms with van der Waals surface area (Å²) in [6.45, 7) is 5.01. The Hall–Kier alpha value is -2.23. The average Bonchev–Trinajstić information content (AvgIpc) is 2.32. The lowest BCUT2D eigenvalue weighted by atomic mass is 10.1. The Morgan fingerprint density at radius 3 is 2.56 bits per heavy atom. The summed E-state index contributed by atoms with van der Waals surface area (Å²) in [6, 6.07) is 7.70. The smallest absolute Gasteiger partial charge is 0.182 e. The first-order valence-corrected chi connectivity index (χ1v) is 5.64. The highest BCUT2D eigenvalue weighted by atomic mass is 16.3. The molecule has 2 aromatic rings. The number of carbonyl (C=O) groups is 1. The van der Waals surface area contributed by atoms with Crippen LogP contribution in [0, 0.1) is 13.8 Å². The van der Waals surface area contributed by atoms with E-state index in [1.165, 1.54) is 6.92 Å². The fraction of sp³-hybridized carbons (Fsp3) is 0.214. The van der Waals surface area contributed by atoms with E-state index in [2.05, 4.69) is 9.97 Å². The van der Waals surface area contributed by atoms with Gasteiger partial charge in [0, 0.05) is 12.5 Å². The molecule has 0 bridgehead atoms. The number of aromatic nitrogens is 2. The van der Waals surface area contributed by atoms with Crippen molar-refractivity contribution in [3.8, 4) is 17.1 Å². The summed E-state index contributed by atoms with van der Waals surface area (Å²) in [5.41, 5.74) is 2.40. The average molecular weight is 242 g/mol. The van der Waals surface area contributed by atoms with Crippen molar-refractivity contribution in [2.75, 3.05) is 0 Å². The molecule has 0 unspecified atom stereocenters. The molecule has 0 saturated carbocycles. The zero-order valence-corrected chi connectivity index (χ0v) is 10.6. The second kappa shape index (κ2) is 4.56. The number of carbonyl (C=O) groups excluding carboxylic acids is 1. The molecule has 0 amide bonds. The number of benzene rings is 1. The Morgan fingerprint density at radius 2 is 1.94 bits per heavy atom. The first kappa shape index (κ1) is 12.2. The third-order valence-electron chi connectivity index (χ3n) is 2.67. The first-order chi connectivity index (χ1) is 8.49. The third kappa shape index (κ3) is 2.22. The lowest BCUT2D eigenvalue weighted by Crippen LogP contribution is -2.03. The number of hydrogen-bond donors (Lipinski definition) is 1. The molecule has 1 heterocycles. The molecule has 1 aromatic heterocycles. The Bertz CT molecular complexity index is 621. The summed E-state index contributed by atoms with van der Waals surface area (Å²) in [7, 11) is 0. The predicted octanol–water partition coefficient (Wildman–Crippen LogP) is 2.67. The summed E-state index contributed by atoms with van der Waals surface area (Å²) in [5.74, 6) is 0.0463. The highest BCUT2D eigenvalue weighted by molar-refractivity contribution is 5.95. The summed E-state index contributed by atoms with van der Waals surface area (Å²) in [4.78, 5) is 19.8.